The molecule has 1 aromatic carbocycles. The predicted octanol–water partition coefficient (Wildman–Crippen LogP) is 2.12. The first-order chi connectivity index (χ1) is 9.16. The summed E-state index contributed by atoms with van der Waals surface area (Å²) in [5, 5.41) is 2.85. The van der Waals surface area contributed by atoms with Crippen molar-refractivity contribution in [1.82, 2.24) is 5.32 Å². The molecule has 0 bridgehead atoms. The van der Waals surface area contributed by atoms with Crippen LogP contribution in [-0.2, 0) is 22.6 Å². The van der Waals surface area contributed by atoms with Gasteiger partial charge in [-0.2, -0.15) is 13.2 Å². The lowest BCUT2D eigenvalue weighted by atomic mass is 10.1. The number of rotatable bonds is 3. The second-order valence-corrected chi connectivity index (χ2v) is 7.06. The van der Waals surface area contributed by atoms with Crippen molar-refractivity contribution in [2.45, 2.75) is 25.2 Å². The lowest BCUT2D eigenvalue weighted by Crippen LogP contribution is -2.29. The minimum atomic E-state index is -4.60. The highest BCUT2D eigenvalue weighted by molar-refractivity contribution is 7.91. The fourth-order valence-electron chi connectivity index (χ4n) is 2.13. The number of halogens is 4. The van der Waals surface area contributed by atoms with E-state index < -0.39 is 27.4 Å². The molecule has 0 radical (unpaired) electrons. The number of hydrogen-bond acceptors (Lipinski definition) is 3. The molecule has 1 saturated heterocycles. The van der Waals surface area contributed by atoms with Crippen LogP contribution in [-0.4, -0.2) is 26.0 Å². The highest BCUT2D eigenvalue weighted by atomic mass is 32.2. The van der Waals surface area contributed by atoms with Gasteiger partial charge in [-0.25, -0.2) is 12.8 Å². The maximum atomic E-state index is 13.2. The summed E-state index contributed by atoms with van der Waals surface area (Å²) in [6.07, 6.45) is -4.18. The van der Waals surface area contributed by atoms with E-state index in [4.69, 9.17) is 0 Å². The van der Waals surface area contributed by atoms with Crippen LogP contribution in [0.2, 0.25) is 0 Å². The summed E-state index contributed by atoms with van der Waals surface area (Å²) in [4.78, 5) is 0. The van der Waals surface area contributed by atoms with E-state index in [1.54, 1.807) is 0 Å². The van der Waals surface area contributed by atoms with Gasteiger partial charge < -0.3 is 5.32 Å². The predicted molar refractivity (Wildman–Crippen MR) is 65.3 cm³/mol. The summed E-state index contributed by atoms with van der Waals surface area (Å²) in [5.41, 5.74) is -0.907. The summed E-state index contributed by atoms with van der Waals surface area (Å²) in [5.74, 6) is -0.925. The molecule has 1 atom stereocenters. The summed E-state index contributed by atoms with van der Waals surface area (Å²) < 4.78 is 73.2. The molecule has 112 valence electrons. The Morgan fingerprint density at radius 2 is 1.95 bits per heavy atom. The fraction of sp³-hybridized carbons (Fsp3) is 0.500. The first-order valence-electron chi connectivity index (χ1n) is 5.96. The van der Waals surface area contributed by atoms with E-state index >= 15 is 0 Å². The molecule has 0 aliphatic carbocycles. The number of sulfone groups is 1. The van der Waals surface area contributed by atoms with Crippen molar-refractivity contribution in [1.29, 1.82) is 0 Å². The highest BCUT2D eigenvalue weighted by Gasteiger charge is 2.31. The van der Waals surface area contributed by atoms with Crippen LogP contribution in [0, 0.1) is 5.82 Å². The van der Waals surface area contributed by atoms with Crippen LogP contribution in [0.25, 0.3) is 0 Å². The van der Waals surface area contributed by atoms with E-state index in [-0.39, 0.29) is 29.7 Å². The van der Waals surface area contributed by atoms with E-state index in [0.717, 1.165) is 12.1 Å². The Labute approximate surface area is 113 Å². The van der Waals surface area contributed by atoms with Gasteiger partial charge in [-0.3, -0.25) is 0 Å². The molecule has 1 heterocycles. The highest BCUT2D eigenvalue weighted by Crippen LogP contribution is 2.30. The Kier molecular flexibility index (Phi) is 4.06. The molecule has 1 aromatic rings. The molecule has 0 aromatic heterocycles. The zero-order chi connectivity index (χ0) is 15.0. The Bertz CT molecular complexity index is 598. The molecular formula is C12H13F4NO2S. The number of benzene rings is 1. The molecule has 2 rings (SSSR count). The molecule has 0 amide bonds. The van der Waals surface area contributed by atoms with Gasteiger partial charge in [-0.1, -0.05) is 0 Å². The first-order valence-corrected chi connectivity index (χ1v) is 7.78. The van der Waals surface area contributed by atoms with Gasteiger partial charge in [-0.05, 0) is 30.2 Å². The largest absolute Gasteiger partial charge is 0.416 e. The van der Waals surface area contributed by atoms with Gasteiger partial charge >= 0.3 is 6.18 Å². The third-order valence-electron chi connectivity index (χ3n) is 3.11. The Morgan fingerprint density at radius 3 is 2.50 bits per heavy atom. The van der Waals surface area contributed by atoms with Crippen LogP contribution in [0.1, 0.15) is 17.5 Å². The second-order valence-electron chi connectivity index (χ2n) is 4.83. The summed E-state index contributed by atoms with van der Waals surface area (Å²) in [7, 11) is -3.06. The Balaban J connectivity index is 2.05. The zero-order valence-electron chi connectivity index (χ0n) is 10.4. The minimum Gasteiger partial charge on any atom is -0.309 e. The van der Waals surface area contributed by atoms with E-state index in [0.29, 0.717) is 12.5 Å². The first kappa shape index (κ1) is 15.2. The van der Waals surface area contributed by atoms with Gasteiger partial charge in [0.1, 0.15) is 5.82 Å². The van der Waals surface area contributed by atoms with Gasteiger partial charge in [-0.15, -0.1) is 0 Å². The summed E-state index contributed by atoms with van der Waals surface area (Å²) >= 11 is 0. The standard InChI is InChI=1S/C12H13F4NO2S/c13-10-4-8(3-9(5-10)12(14,15)16)6-17-11-1-2-20(18,19)7-11/h3-5,11,17H,1-2,6-7H2. The van der Waals surface area contributed by atoms with E-state index in [1.165, 1.54) is 0 Å². The van der Waals surface area contributed by atoms with Crippen LogP contribution in [0.15, 0.2) is 18.2 Å². The lowest BCUT2D eigenvalue weighted by molar-refractivity contribution is -0.137. The summed E-state index contributed by atoms with van der Waals surface area (Å²) in [6, 6.07) is 2.01. The lowest BCUT2D eigenvalue weighted by Gasteiger charge is -2.13. The summed E-state index contributed by atoms with van der Waals surface area (Å²) in [6.45, 7) is 0.00102. The van der Waals surface area contributed by atoms with Crippen molar-refractivity contribution in [3.05, 3.63) is 35.1 Å². The van der Waals surface area contributed by atoms with Crippen LogP contribution >= 0.6 is 0 Å². The third-order valence-corrected chi connectivity index (χ3v) is 4.88. The fourth-order valence-corrected chi connectivity index (χ4v) is 3.84. The molecule has 1 aliphatic heterocycles. The molecule has 3 nitrogen and oxygen atoms in total. The second kappa shape index (κ2) is 5.33. The van der Waals surface area contributed by atoms with Crippen molar-refractivity contribution in [2.75, 3.05) is 11.5 Å². The minimum absolute atomic E-state index is 0.00102. The molecule has 1 unspecified atom stereocenters. The average Bonchev–Trinajstić information content (AvgIpc) is 2.64. The molecule has 1 N–H and O–H groups in total. The van der Waals surface area contributed by atoms with Crippen molar-refractivity contribution in [3.8, 4) is 0 Å². The van der Waals surface area contributed by atoms with E-state index in [2.05, 4.69) is 5.32 Å². The van der Waals surface area contributed by atoms with Crippen LogP contribution in [0.3, 0.4) is 0 Å². The maximum Gasteiger partial charge on any atom is 0.416 e. The zero-order valence-corrected chi connectivity index (χ0v) is 11.2. The van der Waals surface area contributed by atoms with Gasteiger partial charge in [0.25, 0.3) is 0 Å². The molecule has 8 heteroatoms. The number of alkyl halides is 3. The molecule has 0 saturated carbocycles. The Morgan fingerprint density at radius 1 is 1.25 bits per heavy atom. The number of hydrogen-bond donors (Lipinski definition) is 1. The molecular weight excluding hydrogens is 298 g/mol. The van der Waals surface area contributed by atoms with Crippen molar-refractivity contribution in [3.63, 3.8) is 0 Å². The third kappa shape index (κ3) is 3.92. The van der Waals surface area contributed by atoms with Crippen LogP contribution in [0.5, 0.6) is 0 Å². The van der Waals surface area contributed by atoms with E-state index in [9.17, 15) is 26.0 Å². The molecule has 0 spiro atoms. The topological polar surface area (TPSA) is 46.2 Å². The van der Waals surface area contributed by atoms with Gasteiger partial charge in [0, 0.05) is 12.6 Å². The molecule has 1 aliphatic rings. The van der Waals surface area contributed by atoms with E-state index in [1.807, 2.05) is 0 Å². The van der Waals surface area contributed by atoms with Gasteiger partial charge in [0.15, 0.2) is 9.84 Å². The average molecular weight is 311 g/mol. The smallest absolute Gasteiger partial charge is 0.309 e. The van der Waals surface area contributed by atoms with Crippen LogP contribution < -0.4 is 5.32 Å². The van der Waals surface area contributed by atoms with Crippen molar-refractivity contribution < 1.29 is 26.0 Å². The normalized spacial score (nSPS) is 22.1. The van der Waals surface area contributed by atoms with Crippen LogP contribution in [0.4, 0.5) is 17.6 Å². The molecule has 20 heavy (non-hydrogen) atoms. The number of nitrogens with one attached hydrogen (secondary N) is 1. The Hall–Kier alpha value is -1.15. The van der Waals surface area contributed by atoms with Crippen molar-refractivity contribution in [2.24, 2.45) is 0 Å². The van der Waals surface area contributed by atoms with Gasteiger partial charge in [0.2, 0.25) is 0 Å². The quantitative estimate of drug-likeness (QED) is 0.870. The monoisotopic (exact) mass is 311 g/mol. The van der Waals surface area contributed by atoms with Gasteiger partial charge in [0.05, 0.1) is 17.1 Å². The maximum absolute atomic E-state index is 13.2. The van der Waals surface area contributed by atoms with Crippen molar-refractivity contribution >= 4 is 9.84 Å². The molecule has 1 fully saturated rings. The SMILES string of the molecule is O=S1(=O)CCC(NCc2cc(F)cc(C(F)(F)F)c2)C1.